The fourth-order valence-electron chi connectivity index (χ4n) is 3.02. The Hall–Kier alpha value is -1.76. The van der Waals surface area contributed by atoms with Crippen molar-refractivity contribution in [2.24, 2.45) is 0 Å². The van der Waals surface area contributed by atoms with Crippen LogP contribution in [0, 0.1) is 0 Å². The zero-order valence-electron chi connectivity index (χ0n) is 13.9. The molecular formula is C18H18Cl2N2O3S. The van der Waals surface area contributed by atoms with Crippen molar-refractivity contribution in [3.63, 3.8) is 0 Å². The number of hydrogen-bond acceptors (Lipinski definition) is 4. The van der Waals surface area contributed by atoms with Crippen LogP contribution in [-0.4, -0.2) is 38.4 Å². The molecule has 8 heteroatoms. The summed E-state index contributed by atoms with van der Waals surface area (Å²) >= 11 is 12.1. The molecule has 0 unspecified atom stereocenters. The molecule has 1 amide bonds. The second-order valence-corrected chi connectivity index (χ2v) is 9.12. The minimum absolute atomic E-state index is 0.0223. The van der Waals surface area contributed by atoms with E-state index < -0.39 is 9.84 Å². The highest BCUT2D eigenvalue weighted by Crippen LogP contribution is 2.30. The van der Waals surface area contributed by atoms with Gasteiger partial charge in [-0.1, -0.05) is 47.5 Å². The van der Waals surface area contributed by atoms with E-state index in [-0.39, 0.29) is 30.0 Å². The van der Waals surface area contributed by atoms with Crippen LogP contribution < -0.4 is 10.2 Å². The molecule has 138 valence electrons. The molecule has 5 nitrogen and oxygen atoms in total. The van der Waals surface area contributed by atoms with Gasteiger partial charge >= 0.3 is 0 Å². The van der Waals surface area contributed by atoms with Gasteiger partial charge in [0.15, 0.2) is 9.84 Å². The third-order valence-electron chi connectivity index (χ3n) is 4.26. The molecule has 0 saturated carbocycles. The molecule has 2 aromatic carbocycles. The summed E-state index contributed by atoms with van der Waals surface area (Å²) in [6.07, 6.45) is 0.431. The van der Waals surface area contributed by atoms with Crippen LogP contribution in [-0.2, 0) is 14.6 Å². The van der Waals surface area contributed by atoms with Crippen LogP contribution >= 0.6 is 23.2 Å². The first kappa shape index (κ1) is 19.0. The van der Waals surface area contributed by atoms with Crippen molar-refractivity contribution in [3.05, 3.63) is 58.6 Å². The van der Waals surface area contributed by atoms with E-state index in [0.29, 0.717) is 27.8 Å². The van der Waals surface area contributed by atoms with E-state index in [2.05, 4.69) is 5.32 Å². The van der Waals surface area contributed by atoms with Crippen molar-refractivity contribution in [1.82, 2.24) is 0 Å². The molecule has 1 N–H and O–H groups in total. The van der Waals surface area contributed by atoms with Crippen molar-refractivity contribution in [1.29, 1.82) is 0 Å². The van der Waals surface area contributed by atoms with Gasteiger partial charge in [0.1, 0.15) is 0 Å². The van der Waals surface area contributed by atoms with Crippen LogP contribution in [0.1, 0.15) is 6.42 Å². The van der Waals surface area contributed by atoms with Gasteiger partial charge in [-0.2, -0.15) is 0 Å². The number of sulfone groups is 1. The summed E-state index contributed by atoms with van der Waals surface area (Å²) in [5.74, 6) is -0.151. The second-order valence-electron chi connectivity index (χ2n) is 6.11. The number of hydrogen-bond donors (Lipinski definition) is 1. The summed E-state index contributed by atoms with van der Waals surface area (Å²) in [4.78, 5) is 14.5. The third kappa shape index (κ3) is 4.31. The van der Waals surface area contributed by atoms with E-state index in [1.807, 2.05) is 18.2 Å². The van der Waals surface area contributed by atoms with Crippen molar-refractivity contribution < 1.29 is 13.2 Å². The van der Waals surface area contributed by atoms with E-state index in [9.17, 15) is 13.2 Å². The predicted octanol–water partition coefficient (Wildman–Crippen LogP) is 3.63. The number of nitrogens with zero attached hydrogens (tertiary/aromatic N) is 1. The number of nitrogens with one attached hydrogen (secondary N) is 1. The molecule has 1 fully saturated rings. The fourth-order valence-corrected chi connectivity index (χ4v) is 5.09. The van der Waals surface area contributed by atoms with Gasteiger partial charge in [0.05, 0.1) is 39.8 Å². The average Bonchev–Trinajstić information content (AvgIpc) is 2.97. The van der Waals surface area contributed by atoms with Gasteiger partial charge in [0.25, 0.3) is 0 Å². The Bertz CT molecular complexity index is 904. The Balaban J connectivity index is 1.80. The Morgan fingerprint density at radius 3 is 2.50 bits per heavy atom. The summed E-state index contributed by atoms with van der Waals surface area (Å²) in [7, 11) is -3.11. The molecule has 1 atom stereocenters. The van der Waals surface area contributed by atoms with Crippen molar-refractivity contribution in [2.45, 2.75) is 12.5 Å². The van der Waals surface area contributed by atoms with Crippen molar-refractivity contribution >= 4 is 50.3 Å². The summed E-state index contributed by atoms with van der Waals surface area (Å²) < 4.78 is 23.8. The fraction of sp³-hybridized carbons (Fsp3) is 0.278. The van der Waals surface area contributed by atoms with E-state index in [1.165, 1.54) is 0 Å². The number of rotatable bonds is 5. The monoisotopic (exact) mass is 412 g/mol. The normalized spacial score (nSPS) is 18.5. The van der Waals surface area contributed by atoms with Crippen LogP contribution in [0.25, 0.3) is 0 Å². The number of halogens is 2. The molecule has 1 aliphatic rings. The summed E-state index contributed by atoms with van der Waals surface area (Å²) in [5.41, 5.74) is 1.23. The van der Waals surface area contributed by atoms with E-state index in [4.69, 9.17) is 23.2 Å². The molecular weight excluding hydrogens is 395 g/mol. The molecule has 26 heavy (non-hydrogen) atoms. The highest BCUT2D eigenvalue weighted by atomic mass is 35.5. The van der Waals surface area contributed by atoms with Gasteiger partial charge in [-0.25, -0.2) is 8.42 Å². The first-order valence-corrected chi connectivity index (χ1v) is 10.7. The average molecular weight is 413 g/mol. The van der Waals surface area contributed by atoms with Crippen LogP contribution in [0.5, 0.6) is 0 Å². The maximum Gasteiger partial charge on any atom is 0.246 e. The smallest absolute Gasteiger partial charge is 0.246 e. The first-order valence-electron chi connectivity index (χ1n) is 8.13. The highest BCUT2D eigenvalue weighted by Gasteiger charge is 2.35. The van der Waals surface area contributed by atoms with Crippen molar-refractivity contribution in [2.75, 3.05) is 28.3 Å². The quantitative estimate of drug-likeness (QED) is 0.813. The Kier molecular flexibility index (Phi) is 5.75. The maximum atomic E-state index is 12.9. The van der Waals surface area contributed by atoms with Crippen molar-refractivity contribution in [3.8, 4) is 0 Å². The largest absolute Gasteiger partial charge is 0.375 e. The molecule has 0 spiro atoms. The second kappa shape index (κ2) is 7.86. The standard InChI is InChI=1S/C18H18Cl2N2O3S/c19-15-7-4-8-16(18(15)20)21-11-17(23)22(13-5-2-1-3-6-13)14-9-10-26(24,25)12-14/h1-8,14,21H,9-12H2/t14-/m1/s1. The number of carbonyl (C=O) groups excluding carboxylic acids is 1. The van der Waals surface area contributed by atoms with Gasteiger partial charge in [-0.05, 0) is 30.7 Å². The van der Waals surface area contributed by atoms with Gasteiger partial charge in [0, 0.05) is 5.69 Å². The van der Waals surface area contributed by atoms with Gasteiger partial charge < -0.3 is 10.2 Å². The van der Waals surface area contributed by atoms with Gasteiger partial charge in [0.2, 0.25) is 5.91 Å². The zero-order chi connectivity index (χ0) is 18.7. The zero-order valence-corrected chi connectivity index (χ0v) is 16.2. The summed E-state index contributed by atoms with van der Waals surface area (Å²) in [6, 6.07) is 13.9. The maximum absolute atomic E-state index is 12.9. The topological polar surface area (TPSA) is 66.5 Å². The lowest BCUT2D eigenvalue weighted by atomic mass is 10.1. The van der Waals surface area contributed by atoms with Crippen LogP contribution in [0.15, 0.2) is 48.5 Å². The van der Waals surface area contributed by atoms with Crippen LogP contribution in [0.4, 0.5) is 11.4 Å². The first-order chi connectivity index (χ1) is 12.4. The molecule has 0 bridgehead atoms. The Morgan fingerprint density at radius 1 is 1.12 bits per heavy atom. The minimum Gasteiger partial charge on any atom is -0.375 e. The SMILES string of the molecule is O=C(CNc1cccc(Cl)c1Cl)N(c1ccccc1)[C@@H]1CCS(=O)(=O)C1. The lowest BCUT2D eigenvalue weighted by molar-refractivity contribution is -0.117. The lowest BCUT2D eigenvalue weighted by Crippen LogP contribution is -2.44. The van der Waals surface area contributed by atoms with Crippen LogP contribution in [0.3, 0.4) is 0 Å². The molecule has 0 radical (unpaired) electrons. The summed E-state index contributed by atoms with van der Waals surface area (Å²) in [5, 5.41) is 3.73. The number of amides is 1. The Morgan fingerprint density at radius 2 is 1.85 bits per heavy atom. The molecule has 1 heterocycles. The molecule has 1 aliphatic heterocycles. The summed E-state index contributed by atoms with van der Waals surface area (Å²) in [6.45, 7) is -0.0223. The number of anilines is 2. The molecule has 2 aromatic rings. The van der Waals surface area contributed by atoms with E-state index >= 15 is 0 Å². The molecule has 0 aromatic heterocycles. The molecule has 3 rings (SSSR count). The number of benzene rings is 2. The van der Waals surface area contributed by atoms with Gasteiger partial charge in [-0.3, -0.25) is 4.79 Å². The number of para-hydroxylation sites is 1. The third-order valence-corrected chi connectivity index (χ3v) is 6.83. The van der Waals surface area contributed by atoms with E-state index in [0.717, 1.165) is 0 Å². The van der Waals surface area contributed by atoms with Crippen LogP contribution in [0.2, 0.25) is 10.0 Å². The predicted molar refractivity (Wildman–Crippen MR) is 106 cm³/mol. The van der Waals surface area contributed by atoms with Gasteiger partial charge in [-0.15, -0.1) is 0 Å². The Labute approximate surface area is 162 Å². The number of carbonyl (C=O) groups is 1. The molecule has 1 saturated heterocycles. The minimum atomic E-state index is -3.11. The lowest BCUT2D eigenvalue weighted by Gasteiger charge is -2.28. The highest BCUT2D eigenvalue weighted by molar-refractivity contribution is 7.91. The molecule has 0 aliphatic carbocycles. The van der Waals surface area contributed by atoms with E-state index in [1.54, 1.807) is 35.2 Å².